The molecule has 65 heavy (non-hydrogen) atoms. The quantitative estimate of drug-likeness (QED) is 0.148. The van der Waals surface area contributed by atoms with Gasteiger partial charge in [-0.3, -0.25) is 0 Å². The fourth-order valence-electron chi connectivity index (χ4n) is 11.6. The van der Waals surface area contributed by atoms with Crippen LogP contribution >= 0.6 is 0 Å². The zero-order valence-corrected chi connectivity index (χ0v) is 37.0. The molecular formula is C62H47N3. The van der Waals surface area contributed by atoms with Crippen molar-refractivity contribution in [3.05, 3.63) is 235 Å². The van der Waals surface area contributed by atoms with Gasteiger partial charge < -0.3 is 14.4 Å². The van der Waals surface area contributed by atoms with Crippen molar-refractivity contribution in [2.75, 3.05) is 9.80 Å². The van der Waals surface area contributed by atoms with Gasteiger partial charge in [-0.25, -0.2) is 0 Å². The van der Waals surface area contributed by atoms with Gasteiger partial charge >= 0.3 is 0 Å². The van der Waals surface area contributed by atoms with Gasteiger partial charge in [0.2, 0.25) is 0 Å². The Labute approximate surface area is 380 Å². The van der Waals surface area contributed by atoms with Crippen LogP contribution in [0.25, 0.3) is 60.5 Å². The number of aromatic nitrogens is 1. The third kappa shape index (κ3) is 5.36. The van der Waals surface area contributed by atoms with E-state index in [1.165, 1.54) is 77.1 Å². The van der Waals surface area contributed by atoms with Crippen molar-refractivity contribution >= 4 is 66.7 Å². The monoisotopic (exact) mass is 833 g/mol. The van der Waals surface area contributed by atoms with E-state index in [0.29, 0.717) is 0 Å². The fourth-order valence-corrected chi connectivity index (χ4v) is 11.6. The maximum absolute atomic E-state index is 2.47. The SMILES string of the molecule is CC1(C)c2ccccc2-c2ccc(N(c3ccccc3)c3ccc4c5c3ccc3c(N(c6ccccc6)c6ccc7c(c6)C(C)(C)c6ccccc6-7)ccc(c35)n4-c3ccccc3)cc21. The minimum absolute atomic E-state index is 0.125. The molecule has 0 bridgehead atoms. The number of para-hydroxylation sites is 3. The standard InChI is InChI=1S/C62H47N3/c1-61(2)51-26-16-14-24-45(51)47-30-28-43(38-53(47)61)63(40-18-8-5-9-19-40)55-34-36-57-59-49(55)32-33-50-56(35-37-58(60(50)59)65(57)42-22-12-7-13-23-42)64(41-20-10-6-11-21-41)44-29-31-48-46-25-15-17-27-52(46)62(3,4)54(48)39-44/h5-39H,1-4H3. The van der Waals surface area contributed by atoms with Gasteiger partial charge in [0.1, 0.15) is 0 Å². The summed E-state index contributed by atoms with van der Waals surface area (Å²) in [7, 11) is 0. The van der Waals surface area contributed by atoms with Crippen LogP contribution in [0.5, 0.6) is 0 Å². The Hall–Kier alpha value is -7.88. The lowest BCUT2D eigenvalue weighted by Gasteiger charge is -2.30. The van der Waals surface area contributed by atoms with E-state index in [4.69, 9.17) is 0 Å². The van der Waals surface area contributed by atoms with E-state index in [1.807, 2.05) is 0 Å². The van der Waals surface area contributed by atoms with Crippen LogP contribution in [-0.2, 0) is 10.8 Å². The number of benzene rings is 10. The van der Waals surface area contributed by atoms with Crippen LogP contribution in [0, 0.1) is 0 Å². The Morgan fingerprint density at radius 1 is 0.323 bits per heavy atom. The minimum atomic E-state index is -0.125. The van der Waals surface area contributed by atoms with Gasteiger partial charge in [-0.2, -0.15) is 0 Å². The van der Waals surface area contributed by atoms with E-state index in [9.17, 15) is 0 Å². The number of hydrogen-bond donors (Lipinski definition) is 0. The molecule has 0 spiro atoms. The van der Waals surface area contributed by atoms with Gasteiger partial charge in [-0.1, -0.05) is 155 Å². The molecule has 10 aromatic carbocycles. The summed E-state index contributed by atoms with van der Waals surface area (Å²) in [6.07, 6.45) is 0. The second-order valence-corrected chi connectivity index (χ2v) is 18.9. The van der Waals surface area contributed by atoms with E-state index in [2.05, 4.69) is 254 Å². The zero-order valence-electron chi connectivity index (χ0n) is 37.0. The van der Waals surface area contributed by atoms with Crippen molar-refractivity contribution in [1.29, 1.82) is 0 Å². The highest BCUT2D eigenvalue weighted by Gasteiger charge is 2.37. The topological polar surface area (TPSA) is 11.4 Å². The largest absolute Gasteiger partial charge is 0.310 e. The maximum atomic E-state index is 2.47. The smallest absolute Gasteiger partial charge is 0.0548 e. The summed E-state index contributed by atoms with van der Waals surface area (Å²) in [5.41, 5.74) is 20.9. The minimum Gasteiger partial charge on any atom is -0.310 e. The molecular weight excluding hydrogens is 787 g/mol. The molecule has 0 saturated heterocycles. The van der Waals surface area contributed by atoms with Crippen molar-refractivity contribution in [2.45, 2.75) is 38.5 Å². The van der Waals surface area contributed by atoms with Crippen LogP contribution in [0.1, 0.15) is 49.9 Å². The third-order valence-electron chi connectivity index (χ3n) is 14.7. The number of anilines is 6. The molecule has 0 fully saturated rings. The maximum Gasteiger partial charge on any atom is 0.0548 e. The summed E-state index contributed by atoms with van der Waals surface area (Å²) in [6.45, 7) is 9.47. The lowest BCUT2D eigenvalue weighted by atomic mass is 9.82. The predicted molar refractivity (Wildman–Crippen MR) is 274 cm³/mol. The van der Waals surface area contributed by atoms with E-state index < -0.39 is 0 Å². The third-order valence-corrected chi connectivity index (χ3v) is 14.7. The van der Waals surface area contributed by atoms with E-state index in [-0.39, 0.29) is 10.8 Å². The van der Waals surface area contributed by atoms with Gasteiger partial charge in [0.15, 0.2) is 0 Å². The van der Waals surface area contributed by atoms with Gasteiger partial charge in [-0.05, 0) is 129 Å². The summed E-state index contributed by atoms with van der Waals surface area (Å²) in [4.78, 5) is 4.94. The molecule has 1 heterocycles. The second kappa shape index (κ2) is 13.8. The Morgan fingerprint density at radius 3 is 1.15 bits per heavy atom. The van der Waals surface area contributed by atoms with Crippen LogP contribution in [0.2, 0.25) is 0 Å². The highest BCUT2D eigenvalue weighted by atomic mass is 15.2. The first kappa shape index (κ1) is 37.7. The van der Waals surface area contributed by atoms with E-state index >= 15 is 0 Å². The lowest BCUT2D eigenvalue weighted by molar-refractivity contribution is 0.660. The van der Waals surface area contributed by atoms with Crippen molar-refractivity contribution in [1.82, 2.24) is 4.57 Å². The van der Waals surface area contributed by atoms with Gasteiger partial charge in [0.05, 0.1) is 22.4 Å². The Morgan fingerprint density at radius 2 is 0.708 bits per heavy atom. The summed E-state index contributed by atoms with van der Waals surface area (Å²) in [6, 6.07) is 78.8. The average molecular weight is 834 g/mol. The highest BCUT2D eigenvalue weighted by molar-refractivity contribution is 6.29. The molecule has 13 rings (SSSR count). The first-order valence-corrected chi connectivity index (χ1v) is 22.9. The second-order valence-electron chi connectivity index (χ2n) is 18.9. The van der Waals surface area contributed by atoms with Crippen LogP contribution < -0.4 is 9.80 Å². The number of rotatable bonds is 7. The van der Waals surface area contributed by atoms with Gasteiger partial charge in [0.25, 0.3) is 0 Å². The number of fused-ring (bicyclic) bond motifs is 6. The molecule has 310 valence electrons. The van der Waals surface area contributed by atoms with Crippen molar-refractivity contribution in [3.63, 3.8) is 0 Å². The highest BCUT2D eigenvalue weighted by Crippen LogP contribution is 2.54. The molecule has 0 aliphatic heterocycles. The molecule has 0 radical (unpaired) electrons. The van der Waals surface area contributed by atoms with Gasteiger partial charge in [-0.15, -0.1) is 0 Å². The molecule has 0 atom stereocenters. The normalized spacial score (nSPS) is 14.1. The fraction of sp³-hybridized carbons (Fsp3) is 0.0968. The average Bonchev–Trinajstić information content (AvgIpc) is 3.90. The summed E-state index contributed by atoms with van der Waals surface area (Å²) >= 11 is 0. The Balaban J connectivity index is 1.06. The molecule has 3 heteroatoms. The summed E-state index contributed by atoms with van der Waals surface area (Å²) in [5, 5.41) is 4.94. The molecule has 0 saturated carbocycles. The molecule has 0 N–H and O–H groups in total. The van der Waals surface area contributed by atoms with Gasteiger partial charge in [0, 0.05) is 60.8 Å². The number of hydrogen-bond acceptors (Lipinski definition) is 2. The predicted octanol–water partition coefficient (Wildman–Crippen LogP) is 16.9. The molecule has 11 aromatic rings. The molecule has 0 amide bonds. The molecule has 2 aliphatic rings. The summed E-state index contributed by atoms with van der Waals surface area (Å²) in [5.74, 6) is 0. The molecule has 0 unspecified atom stereocenters. The van der Waals surface area contributed by atoms with Crippen molar-refractivity contribution in [2.24, 2.45) is 0 Å². The first-order valence-electron chi connectivity index (χ1n) is 22.9. The Kier molecular flexibility index (Phi) is 8.00. The molecule has 3 nitrogen and oxygen atoms in total. The lowest BCUT2D eigenvalue weighted by Crippen LogP contribution is -2.16. The van der Waals surface area contributed by atoms with Crippen LogP contribution in [0.4, 0.5) is 34.1 Å². The van der Waals surface area contributed by atoms with Crippen molar-refractivity contribution < 1.29 is 0 Å². The first-order chi connectivity index (χ1) is 31.8. The van der Waals surface area contributed by atoms with Crippen LogP contribution in [0.15, 0.2) is 212 Å². The van der Waals surface area contributed by atoms with Crippen LogP contribution in [-0.4, -0.2) is 4.57 Å². The molecule has 1 aromatic heterocycles. The number of nitrogens with zero attached hydrogens (tertiary/aromatic N) is 3. The van der Waals surface area contributed by atoms with Crippen molar-refractivity contribution in [3.8, 4) is 27.9 Å². The van der Waals surface area contributed by atoms with E-state index in [0.717, 1.165) is 39.8 Å². The van der Waals surface area contributed by atoms with E-state index in [1.54, 1.807) is 0 Å². The molecule has 2 aliphatic carbocycles. The zero-order chi connectivity index (χ0) is 43.6. The Bertz CT molecular complexity index is 3430. The summed E-state index contributed by atoms with van der Waals surface area (Å²) < 4.78 is 2.46. The van der Waals surface area contributed by atoms with Crippen LogP contribution in [0.3, 0.4) is 0 Å².